The molecule has 0 atom stereocenters. The lowest BCUT2D eigenvalue weighted by Gasteiger charge is -2.22. The predicted molar refractivity (Wildman–Crippen MR) is 62.5 cm³/mol. The number of piperidine rings is 1. The second-order valence-electron chi connectivity index (χ2n) is 4.31. The van der Waals surface area contributed by atoms with Crippen LogP contribution < -0.4 is 5.32 Å². The molecule has 1 aromatic rings. The largest absolute Gasteiger partial charge is 0.370 e. The van der Waals surface area contributed by atoms with Crippen LogP contribution in [-0.2, 0) is 4.74 Å². The van der Waals surface area contributed by atoms with E-state index < -0.39 is 17.4 Å². The van der Waals surface area contributed by atoms with Gasteiger partial charge in [-0.15, -0.1) is 0 Å². The fraction of sp³-hybridized carbons (Fsp3) is 0.462. The van der Waals surface area contributed by atoms with E-state index in [0.717, 1.165) is 38.1 Å². The van der Waals surface area contributed by atoms with Crippen LogP contribution in [-0.4, -0.2) is 31.6 Å². The van der Waals surface area contributed by atoms with Crippen molar-refractivity contribution in [1.82, 2.24) is 5.32 Å². The number of benzene rings is 1. The second kappa shape index (κ2) is 6.02. The Morgan fingerprint density at radius 1 is 1.33 bits per heavy atom. The molecule has 0 unspecified atom stereocenters. The van der Waals surface area contributed by atoms with Crippen molar-refractivity contribution >= 4 is 5.78 Å². The molecular weight excluding hydrogens is 240 g/mol. The monoisotopic (exact) mass is 255 g/mol. The predicted octanol–water partition coefficient (Wildman–Crippen LogP) is 1.92. The van der Waals surface area contributed by atoms with Gasteiger partial charge in [-0.25, -0.2) is 8.78 Å². The summed E-state index contributed by atoms with van der Waals surface area (Å²) in [6, 6.07) is 2.93. The summed E-state index contributed by atoms with van der Waals surface area (Å²) in [7, 11) is 0. The van der Waals surface area contributed by atoms with Crippen molar-refractivity contribution < 1.29 is 18.3 Å². The number of nitrogens with one attached hydrogen (secondary N) is 1. The van der Waals surface area contributed by atoms with Gasteiger partial charge in [-0.05, 0) is 38.1 Å². The molecule has 1 aliphatic heterocycles. The Morgan fingerprint density at radius 2 is 2.06 bits per heavy atom. The van der Waals surface area contributed by atoms with E-state index in [-0.39, 0.29) is 18.3 Å². The highest BCUT2D eigenvalue weighted by molar-refractivity contribution is 5.97. The van der Waals surface area contributed by atoms with E-state index in [4.69, 9.17) is 4.74 Å². The highest BCUT2D eigenvalue weighted by Crippen LogP contribution is 2.12. The van der Waals surface area contributed by atoms with Crippen molar-refractivity contribution in [3.63, 3.8) is 0 Å². The first-order valence-electron chi connectivity index (χ1n) is 5.97. The van der Waals surface area contributed by atoms with Gasteiger partial charge in [-0.3, -0.25) is 4.79 Å². The average molecular weight is 255 g/mol. The Labute approximate surface area is 104 Å². The van der Waals surface area contributed by atoms with Crippen molar-refractivity contribution in [2.45, 2.75) is 18.9 Å². The molecule has 0 aromatic heterocycles. The molecule has 1 aliphatic rings. The smallest absolute Gasteiger partial charge is 0.191 e. The van der Waals surface area contributed by atoms with Crippen LogP contribution in [0.25, 0.3) is 0 Å². The van der Waals surface area contributed by atoms with E-state index in [1.54, 1.807) is 0 Å². The Bertz CT molecular complexity index is 431. The number of ether oxygens (including phenoxy) is 1. The molecule has 0 radical (unpaired) electrons. The molecular formula is C13H15F2NO2. The third-order valence-corrected chi connectivity index (χ3v) is 2.97. The van der Waals surface area contributed by atoms with Crippen molar-refractivity contribution in [3.8, 4) is 0 Å². The summed E-state index contributed by atoms with van der Waals surface area (Å²) >= 11 is 0. The lowest BCUT2D eigenvalue weighted by atomic mass is 10.1. The van der Waals surface area contributed by atoms with Crippen molar-refractivity contribution in [3.05, 3.63) is 35.4 Å². The van der Waals surface area contributed by atoms with Crippen molar-refractivity contribution in [1.29, 1.82) is 0 Å². The fourth-order valence-corrected chi connectivity index (χ4v) is 1.95. The van der Waals surface area contributed by atoms with Crippen molar-refractivity contribution in [2.75, 3.05) is 19.7 Å². The Hall–Kier alpha value is -1.33. The second-order valence-corrected chi connectivity index (χ2v) is 4.31. The lowest BCUT2D eigenvalue weighted by molar-refractivity contribution is 0.0315. The van der Waals surface area contributed by atoms with Gasteiger partial charge < -0.3 is 10.1 Å². The quantitative estimate of drug-likeness (QED) is 0.835. The van der Waals surface area contributed by atoms with Gasteiger partial charge in [0.2, 0.25) is 0 Å². The van der Waals surface area contributed by atoms with E-state index in [9.17, 15) is 13.6 Å². The highest BCUT2D eigenvalue weighted by Gasteiger charge is 2.17. The van der Waals surface area contributed by atoms with Gasteiger partial charge in [0.1, 0.15) is 18.2 Å². The maximum Gasteiger partial charge on any atom is 0.191 e. The van der Waals surface area contributed by atoms with Crippen LogP contribution in [0.1, 0.15) is 23.2 Å². The third-order valence-electron chi connectivity index (χ3n) is 2.97. The topological polar surface area (TPSA) is 38.3 Å². The molecule has 1 N–H and O–H groups in total. The van der Waals surface area contributed by atoms with Crippen LogP contribution in [0.2, 0.25) is 0 Å². The molecule has 0 aliphatic carbocycles. The first-order valence-corrected chi connectivity index (χ1v) is 5.97. The van der Waals surface area contributed by atoms with E-state index in [0.29, 0.717) is 6.07 Å². The average Bonchev–Trinajstić information content (AvgIpc) is 2.37. The zero-order valence-corrected chi connectivity index (χ0v) is 9.92. The molecule has 18 heavy (non-hydrogen) atoms. The number of rotatable bonds is 4. The SMILES string of the molecule is O=C(COC1CCNCC1)c1ccc(F)cc1F. The van der Waals surface area contributed by atoms with Gasteiger partial charge in [-0.1, -0.05) is 0 Å². The Balaban J connectivity index is 1.90. The molecule has 1 heterocycles. The minimum absolute atomic E-state index is 0.0405. The maximum atomic E-state index is 13.3. The van der Waals surface area contributed by atoms with Crippen molar-refractivity contribution in [2.24, 2.45) is 0 Å². The maximum absolute atomic E-state index is 13.3. The zero-order chi connectivity index (χ0) is 13.0. The molecule has 0 saturated carbocycles. The number of Topliss-reactive ketones (excluding diaryl/α,β-unsaturated/α-hetero) is 1. The molecule has 5 heteroatoms. The van der Waals surface area contributed by atoms with Crippen LogP contribution >= 0.6 is 0 Å². The third kappa shape index (κ3) is 3.34. The normalized spacial score (nSPS) is 16.8. The molecule has 2 rings (SSSR count). The summed E-state index contributed by atoms with van der Waals surface area (Å²) in [4.78, 5) is 11.7. The summed E-state index contributed by atoms with van der Waals surface area (Å²) < 4.78 is 31.5. The van der Waals surface area contributed by atoms with Gasteiger partial charge in [0.15, 0.2) is 5.78 Å². The Kier molecular flexibility index (Phi) is 4.38. The molecule has 0 bridgehead atoms. The van der Waals surface area contributed by atoms with Crippen LogP contribution in [0.15, 0.2) is 18.2 Å². The fourth-order valence-electron chi connectivity index (χ4n) is 1.95. The van der Waals surface area contributed by atoms with Crippen LogP contribution in [0.4, 0.5) is 8.78 Å². The van der Waals surface area contributed by atoms with Gasteiger partial charge in [0, 0.05) is 6.07 Å². The zero-order valence-electron chi connectivity index (χ0n) is 9.92. The van der Waals surface area contributed by atoms with E-state index >= 15 is 0 Å². The molecule has 1 fully saturated rings. The number of halogens is 2. The first-order chi connectivity index (χ1) is 8.66. The lowest BCUT2D eigenvalue weighted by Crippen LogP contribution is -2.33. The summed E-state index contributed by atoms with van der Waals surface area (Å²) in [5, 5.41) is 3.18. The number of carbonyl (C=O) groups excluding carboxylic acids is 1. The summed E-state index contributed by atoms with van der Waals surface area (Å²) in [5.74, 6) is -1.98. The van der Waals surface area contributed by atoms with Crippen LogP contribution in [0.5, 0.6) is 0 Å². The molecule has 0 spiro atoms. The standard InChI is InChI=1S/C13H15F2NO2/c14-9-1-2-11(12(15)7-9)13(17)8-18-10-3-5-16-6-4-10/h1-2,7,10,16H,3-6,8H2. The molecule has 3 nitrogen and oxygen atoms in total. The number of hydrogen-bond acceptors (Lipinski definition) is 3. The minimum Gasteiger partial charge on any atom is -0.370 e. The van der Waals surface area contributed by atoms with Crippen LogP contribution in [0, 0.1) is 11.6 Å². The molecule has 98 valence electrons. The van der Waals surface area contributed by atoms with E-state index in [1.807, 2.05) is 0 Å². The Morgan fingerprint density at radius 3 is 2.72 bits per heavy atom. The van der Waals surface area contributed by atoms with Gasteiger partial charge in [0.05, 0.1) is 11.7 Å². The first kappa shape index (κ1) is 13.1. The van der Waals surface area contributed by atoms with E-state index in [2.05, 4.69) is 5.32 Å². The summed E-state index contributed by atoms with van der Waals surface area (Å²) in [6.45, 7) is 1.57. The van der Waals surface area contributed by atoms with E-state index in [1.165, 1.54) is 0 Å². The number of ketones is 1. The van der Waals surface area contributed by atoms with Gasteiger partial charge >= 0.3 is 0 Å². The number of hydrogen-bond donors (Lipinski definition) is 1. The number of carbonyl (C=O) groups is 1. The van der Waals surface area contributed by atoms with Gasteiger partial charge in [0.25, 0.3) is 0 Å². The van der Waals surface area contributed by atoms with Gasteiger partial charge in [-0.2, -0.15) is 0 Å². The highest BCUT2D eigenvalue weighted by atomic mass is 19.1. The van der Waals surface area contributed by atoms with Crippen LogP contribution in [0.3, 0.4) is 0 Å². The molecule has 0 amide bonds. The summed E-state index contributed by atoms with van der Waals surface area (Å²) in [6.07, 6.45) is 1.73. The molecule has 1 saturated heterocycles. The summed E-state index contributed by atoms with van der Waals surface area (Å²) in [5.41, 5.74) is -0.120. The minimum atomic E-state index is -0.839. The molecule has 1 aromatic carbocycles.